The number of benzene rings is 1. The Morgan fingerprint density at radius 1 is 1.35 bits per heavy atom. The number of carbonyl (C=O) groups excluding carboxylic acids is 1. The van der Waals surface area contributed by atoms with Crippen LogP contribution in [0.5, 0.6) is 0 Å². The molecule has 0 bridgehead atoms. The Morgan fingerprint density at radius 2 is 2.19 bits per heavy atom. The molecule has 2 heterocycles. The Balaban J connectivity index is 1.79. The van der Waals surface area contributed by atoms with Gasteiger partial charge in [0.1, 0.15) is 0 Å². The molecule has 2 aliphatic rings. The molecule has 3 atom stereocenters. The van der Waals surface area contributed by atoms with Gasteiger partial charge in [0.25, 0.3) is 0 Å². The molecule has 1 aliphatic carbocycles. The van der Waals surface area contributed by atoms with Gasteiger partial charge in [0.05, 0.1) is 5.37 Å². The van der Waals surface area contributed by atoms with Crippen LogP contribution in [0.15, 0.2) is 24.4 Å². The molecule has 26 heavy (non-hydrogen) atoms. The Morgan fingerprint density at radius 3 is 2.92 bits per heavy atom. The minimum absolute atomic E-state index is 0.200. The van der Waals surface area contributed by atoms with Gasteiger partial charge in [0, 0.05) is 36.0 Å². The monoisotopic (exact) mass is 370 g/mol. The smallest absolute Gasteiger partial charge is 0.187 e. The number of nitrogens with zero attached hydrogens (tertiary/aromatic N) is 2. The largest absolute Gasteiger partial charge is 0.334 e. The topological polar surface area (TPSA) is 25.2 Å². The molecule has 2 aromatic rings. The van der Waals surface area contributed by atoms with Crippen molar-refractivity contribution in [3.8, 4) is 0 Å². The Hall–Kier alpha value is -1.26. The zero-order valence-corrected chi connectivity index (χ0v) is 17.0. The summed E-state index contributed by atoms with van der Waals surface area (Å²) in [6.45, 7) is 8.61. The molecule has 0 radical (unpaired) electrons. The van der Waals surface area contributed by atoms with Crippen molar-refractivity contribution in [2.75, 3.05) is 13.1 Å². The summed E-state index contributed by atoms with van der Waals surface area (Å²) in [4.78, 5) is 14.5. The highest BCUT2D eigenvalue weighted by molar-refractivity contribution is 8.13. The van der Waals surface area contributed by atoms with Crippen LogP contribution in [0.25, 0.3) is 10.9 Å². The Kier molecular flexibility index (Phi) is 5.15. The fourth-order valence-corrected chi connectivity index (χ4v) is 6.04. The number of aromatic nitrogens is 1. The highest BCUT2D eigenvalue weighted by atomic mass is 32.2. The van der Waals surface area contributed by atoms with E-state index in [0.29, 0.717) is 12.0 Å². The standard InChI is InChI=1S/C22H30N2OS/c1-4-11-23-12-7-9-17-18-8-6-10-19-22(18)16(13-20(17)23)14-24(19)21(5-2)26-15(3)25/h6,8,10,14,17,20-21H,4-5,7,9,11-13H2,1-3H3/t17-,20-,21?/m1/s1. The third kappa shape index (κ3) is 3.01. The van der Waals surface area contributed by atoms with Crippen LogP contribution in [-0.2, 0) is 11.2 Å². The van der Waals surface area contributed by atoms with Crippen LogP contribution < -0.4 is 0 Å². The number of carbonyl (C=O) groups is 1. The van der Waals surface area contributed by atoms with Crippen molar-refractivity contribution in [1.82, 2.24) is 9.47 Å². The summed E-state index contributed by atoms with van der Waals surface area (Å²) in [6, 6.07) is 7.49. The number of thioether (sulfide) groups is 1. The Bertz CT molecular complexity index is 810. The van der Waals surface area contributed by atoms with E-state index in [1.54, 1.807) is 12.5 Å². The van der Waals surface area contributed by atoms with Crippen molar-refractivity contribution in [3.05, 3.63) is 35.5 Å². The number of rotatable bonds is 5. The minimum atomic E-state index is 0.200. The second-order valence-electron chi connectivity index (χ2n) is 7.83. The summed E-state index contributed by atoms with van der Waals surface area (Å²) in [7, 11) is 0. The predicted octanol–water partition coefficient (Wildman–Crippen LogP) is 5.34. The lowest BCUT2D eigenvalue weighted by molar-refractivity contribution is -0.109. The molecular formula is C22H30N2OS. The summed E-state index contributed by atoms with van der Waals surface area (Å²) >= 11 is 1.47. The summed E-state index contributed by atoms with van der Waals surface area (Å²) in [5.41, 5.74) is 4.36. The molecule has 0 saturated carbocycles. The van der Waals surface area contributed by atoms with E-state index in [2.05, 4.69) is 47.7 Å². The molecule has 1 unspecified atom stereocenters. The number of fused-ring (bicyclic) bond motifs is 2. The van der Waals surface area contributed by atoms with Crippen LogP contribution in [0.3, 0.4) is 0 Å². The lowest BCUT2D eigenvalue weighted by Crippen LogP contribution is -2.46. The van der Waals surface area contributed by atoms with Crippen LogP contribution in [0.1, 0.15) is 68.9 Å². The first-order valence-electron chi connectivity index (χ1n) is 10.2. The molecule has 1 aromatic carbocycles. The molecule has 0 N–H and O–H groups in total. The van der Waals surface area contributed by atoms with E-state index < -0.39 is 0 Å². The Labute approximate surface area is 161 Å². The van der Waals surface area contributed by atoms with Gasteiger partial charge in [-0.05, 0) is 62.4 Å². The maximum atomic E-state index is 11.7. The van der Waals surface area contributed by atoms with E-state index in [1.165, 1.54) is 60.6 Å². The van der Waals surface area contributed by atoms with Gasteiger partial charge in [-0.3, -0.25) is 9.69 Å². The minimum Gasteiger partial charge on any atom is -0.334 e. The van der Waals surface area contributed by atoms with Crippen LogP contribution >= 0.6 is 11.8 Å². The zero-order valence-electron chi connectivity index (χ0n) is 16.2. The first-order valence-corrected chi connectivity index (χ1v) is 11.1. The molecule has 1 aromatic heterocycles. The van der Waals surface area contributed by atoms with Gasteiger partial charge in [-0.25, -0.2) is 0 Å². The average molecular weight is 371 g/mol. The van der Waals surface area contributed by atoms with E-state index in [0.717, 1.165) is 12.8 Å². The van der Waals surface area contributed by atoms with Crippen molar-refractivity contribution in [2.45, 2.75) is 70.2 Å². The molecule has 3 nitrogen and oxygen atoms in total. The summed E-state index contributed by atoms with van der Waals surface area (Å²) < 4.78 is 2.38. The van der Waals surface area contributed by atoms with E-state index in [4.69, 9.17) is 0 Å². The molecule has 1 saturated heterocycles. The van der Waals surface area contributed by atoms with Gasteiger partial charge in [-0.1, -0.05) is 37.7 Å². The first kappa shape index (κ1) is 18.1. The number of hydrogen-bond donors (Lipinski definition) is 0. The van der Waals surface area contributed by atoms with Gasteiger partial charge in [0.2, 0.25) is 0 Å². The van der Waals surface area contributed by atoms with Crippen molar-refractivity contribution >= 4 is 27.8 Å². The fraction of sp³-hybridized carbons (Fsp3) is 0.591. The van der Waals surface area contributed by atoms with Gasteiger partial charge in [-0.2, -0.15) is 0 Å². The quantitative estimate of drug-likeness (QED) is 0.710. The molecule has 0 amide bonds. The van der Waals surface area contributed by atoms with E-state index >= 15 is 0 Å². The molecule has 140 valence electrons. The van der Waals surface area contributed by atoms with E-state index in [9.17, 15) is 4.79 Å². The second kappa shape index (κ2) is 7.40. The maximum absolute atomic E-state index is 11.7. The number of likely N-dealkylation sites (tertiary alicyclic amines) is 1. The van der Waals surface area contributed by atoms with E-state index in [1.807, 2.05) is 0 Å². The van der Waals surface area contributed by atoms with Gasteiger partial charge >= 0.3 is 0 Å². The summed E-state index contributed by atoms with van der Waals surface area (Å²) in [5, 5.41) is 1.88. The van der Waals surface area contributed by atoms with E-state index in [-0.39, 0.29) is 10.5 Å². The van der Waals surface area contributed by atoms with Crippen molar-refractivity contribution < 1.29 is 4.79 Å². The molecule has 0 spiro atoms. The summed E-state index contributed by atoms with van der Waals surface area (Å²) in [5.74, 6) is 0.669. The summed E-state index contributed by atoms with van der Waals surface area (Å²) in [6.07, 6.45) is 8.33. The highest BCUT2D eigenvalue weighted by Gasteiger charge is 2.37. The lowest BCUT2D eigenvalue weighted by atomic mass is 9.75. The second-order valence-corrected chi connectivity index (χ2v) is 9.19. The average Bonchev–Trinajstić information content (AvgIpc) is 3.00. The van der Waals surface area contributed by atoms with Gasteiger partial charge in [0.15, 0.2) is 5.12 Å². The van der Waals surface area contributed by atoms with Crippen molar-refractivity contribution in [2.24, 2.45) is 0 Å². The third-order valence-corrected chi connectivity index (χ3v) is 7.33. The number of piperidine rings is 1. The van der Waals surface area contributed by atoms with Gasteiger partial charge < -0.3 is 4.57 Å². The van der Waals surface area contributed by atoms with Crippen LogP contribution in [-0.4, -0.2) is 33.7 Å². The first-order chi connectivity index (χ1) is 12.6. The van der Waals surface area contributed by atoms with Crippen molar-refractivity contribution in [1.29, 1.82) is 0 Å². The molecule has 4 heteroatoms. The van der Waals surface area contributed by atoms with Gasteiger partial charge in [-0.15, -0.1) is 0 Å². The van der Waals surface area contributed by atoms with Crippen LogP contribution in [0.4, 0.5) is 0 Å². The number of hydrogen-bond acceptors (Lipinski definition) is 3. The molecule has 1 aliphatic heterocycles. The molecular weight excluding hydrogens is 340 g/mol. The normalized spacial score (nSPS) is 23.8. The maximum Gasteiger partial charge on any atom is 0.187 e. The third-order valence-electron chi connectivity index (χ3n) is 6.16. The zero-order chi connectivity index (χ0) is 18.3. The fourth-order valence-electron chi connectivity index (χ4n) is 5.21. The molecule has 4 rings (SSSR count). The van der Waals surface area contributed by atoms with Crippen molar-refractivity contribution in [3.63, 3.8) is 0 Å². The lowest BCUT2D eigenvalue weighted by Gasteiger charge is -2.44. The SMILES string of the molecule is CCCN1CCC[C@@H]2c3cccc4c3c(cn4C(CC)SC(C)=O)C[C@H]21. The van der Waals surface area contributed by atoms with Crippen LogP contribution in [0.2, 0.25) is 0 Å². The highest BCUT2D eigenvalue weighted by Crippen LogP contribution is 2.45. The molecule has 1 fully saturated rings. The van der Waals surface area contributed by atoms with Crippen LogP contribution in [0, 0.1) is 0 Å². The predicted molar refractivity (Wildman–Crippen MR) is 111 cm³/mol.